The number of nitrogens with one attached hydrogen (secondary N) is 1. The fourth-order valence-electron chi connectivity index (χ4n) is 2.25. The van der Waals surface area contributed by atoms with Gasteiger partial charge in [-0.25, -0.2) is 4.79 Å². The lowest BCUT2D eigenvalue weighted by Crippen LogP contribution is -2.36. The lowest BCUT2D eigenvalue weighted by molar-refractivity contribution is -0.124. The van der Waals surface area contributed by atoms with Crippen molar-refractivity contribution in [2.75, 3.05) is 12.3 Å². The first-order chi connectivity index (χ1) is 11.5. The van der Waals surface area contributed by atoms with Crippen LogP contribution in [0.4, 0.5) is 5.69 Å². The van der Waals surface area contributed by atoms with Crippen LogP contribution in [-0.2, 0) is 16.0 Å². The summed E-state index contributed by atoms with van der Waals surface area (Å²) in [5.74, 6) is -0.846. The summed E-state index contributed by atoms with van der Waals surface area (Å²) in [6.45, 7) is 1.64. The summed E-state index contributed by atoms with van der Waals surface area (Å²) >= 11 is 0. The molecule has 5 nitrogen and oxygen atoms in total. The van der Waals surface area contributed by atoms with Gasteiger partial charge >= 0.3 is 5.97 Å². The smallest absolute Gasteiger partial charge is 0.338 e. The molecule has 0 spiro atoms. The minimum absolute atomic E-state index is 0.00734. The minimum Gasteiger partial charge on any atom is -0.452 e. The van der Waals surface area contributed by atoms with Crippen LogP contribution in [-0.4, -0.2) is 24.5 Å². The maximum Gasteiger partial charge on any atom is 0.338 e. The van der Waals surface area contributed by atoms with Crippen molar-refractivity contribution in [2.24, 2.45) is 0 Å². The van der Waals surface area contributed by atoms with Gasteiger partial charge in [0.15, 0.2) is 6.61 Å². The maximum absolute atomic E-state index is 11.8. The molecule has 126 valence electrons. The van der Waals surface area contributed by atoms with Gasteiger partial charge in [0.2, 0.25) is 0 Å². The van der Waals surface area contributed by atoms with Crippen LogP contribution < -0.4 is 11.1 Å². The first kappa shape index (κ1) is 17.5. The maximum atomic E-state index is 11.8. The van der Waals surface area contributed by atoms with E-state index in [2.05, 4.69) is 17.4 Å². The molecule has 0 saturated heterocycles. The summed E-state index contributed by atoms with van der Waals surface area (Å²) in [5, 5.41) is 2.83. The van der Waals surface area contributed by atoms with Crippen molar-refractivity contribution in [3.05, 3.63) is 65.7 Å². The molecule has 0 bridgehead atoms. The van der Waals surface area contributed by atoms with E-state index in [9.17, 15) is 9.59 Å². The molecule has 3 N–H and O–H groups in total. The number of benzene rings is 2. The van der Waals surface area contributed by atoms with E-state index in [-0.39, 0.29) is 18.6 Å². The number of ether oxygens (including phenoxy) is 1. The van der Waals surface area contributed by atoms with Crippen LogP contribution in [0.5, 0.6) is 0 Å². The Morgan fingerprint density at radius 3 is 2.42 bits per heavy atom. The Kier molecular flexibility index (Phi) is 6.37. The third-order valence-electron chi connectivity index (χ3n) is 3.60. The highest BCUT2D eigenvalue weighted by atomic mass is 16.5. The van der Waals surface area contributed by atoms with Gasteiger partial charge in [0.25, 0.3) is 5.91 Å². The molecular formula is C19H22N2O3. The molecule has 2 rings (SSSR count). The van der Waals surface area contributed by atoms with E-state index in [0.29, 0.717) is 11.3 Å². The van der Waals surface area contributed by atoms with Gasteiger partial charge in [-0.05, 0) is 49.6 Å². The highest BCUT2D eigenvalue weighted by molar-refractivity contribution is 5.91. The van der Waals surface area contributed by atoms with Gasteiger partial charge in [-0.3, -0.25) is 4.79 Å². The number of carbonyl (C=O) groups is 2. The number of rotatable bonds is 7. The highest BCUT2D eigenvalue weighted by Gasteiger charge is 2.12. The molecular weight excluding hydrogens is 304 g/mol. The van der Waals surface area contributed by atoms with Gasteiger partial charge in [-0.2, -0.15) is 0 Å². The van der Waals surface area contributed by atoms with Gasteiger partial charge in [-0.15, -0.1) is 0 Å². The molecule has 1 amide bonds. The van der Waals surface area contributed by atoms with E-state index in [1.807, 2.05) is 25.1 Å². The van der Waals surface area contributed by atoms with Gasteiger partial charge in [-0.1, -0.05) is 30.3 Å². The van der Waals surface area contributed by atoms with Gasteiger partial charge in [0.1, 0.15) is 0 Å². The number of nitrogen functional groups attached to an aromatic ring is 1. The zero-order valence-electron chi connectivity index (χ0n) is 13.7. The molecule has 0 saturated carbocycles. The molecule has 0 heterocycles. The molecule has 24 heavy (non-hydrogen) atoms. The molecule has 0 unspecified atom stereocenters. The Labute approximate surface area is 141 Å². The van der Waals surface area contributed by atoms with E-state index in [0.717, 1.165) is 12.8 Å². The fourth-order valence-corrected chi connectivity index (χ4v) is 2.25. The summed E-state index contributed by atoms with van der Waals surface area (Å²) < 4.78 is 5.00. The lowest BCUT2D eigenvalue weighted by Gasteiger charge is -2.14. The predicted molar refractivity (Wildman–Crippen MR) is 93.5 cm³/mol. The number of hydrogen-bond acceptors (Lipinski definition) is 4. The Morgan fingerprint density at radius 1 is 1.08 bits per heavy atom. The van der Waals surface area contributed by atoms with Crippen molar-refractivity contribution < 1.29 is 14.3 Å². The summed E-state index contributed by atoms with van der Waals surface area (Å²) in [7, 11) is 0. The van der Waals surface area contributed by atoms with Crippen molar-refractivity contribution >= 4 is 17.6 Å². The van der Waals surface area contributed by atoms with Crippen LogP contribution in [0.2, 0.25) is 0 Å². The van der Waals surface area contributed by atoms with Crippen LogP contribution >= 0.6 is 0 Å². The average molecular weight is 326 g/mol. The van der Waals surface area contributed by atoms with E-state index in [1.165, 1.54) is 5.56 Å². The monoisotopic (exact) mass is 326 g/mol. The molecule has 1 atom stereocenters. The molecule has 2 aromatic rings. The van der Waals surface area contributed by atoms with Gasteiger partial charge in [0, 0.05) is 11.7 Å². The topological polar surface area (TPSA) is 81.4 Å². The van der Waals surface area contributed by atoms with E-state index >= 15 is 0 Å². The zero-order chi connectivity index (χ0) is 17.4. The second kappa shape index (κ2) is 8.72. The molecule has 0 aliphatic heterocycles. The molecule has 0 aliphatic rings. The Hall–Kier alpha value is -2.82. The largest absolute Gasteiger partial charge is 0.452 e. The van der Waals surface area contributed by atoms with Crippen molar-refractivity contribution in [3.63, 3.8) is 0 Å². The summed E-state index contributed by atoms with van der Waals surface area (Å²) in [6.07, 6.45) is 1.70. The number of esters is 1. The molecule has 2 aromatic carbocycles. The molecule has 0 fully saturated rings. The van der Waals surface area contributed by atoms with E-state index in [1.54, 1.807) is 24.3 Å². The number of carbonyl (C=O) groups excluding carboxylic acids is 2. The van der Waals surface area contributed by atoms with E-state index < -0.39 is 5.97 Å². The highest BCUT2D eigenvalue weighted by Crippen LogP contribution is 2.07. The molecule has 0 aliphatic carbocycles. The third kappa shape index (κ3) is 5.76. The second-order valence-corrected chi connectivity index (χ2v) is 5.69. The number of anilines is 1. The number of amides is 1. The van der Waals surface area contributed by atoms with Crippen molar-refractivity contribution in [1.82, 2.24) is 5.32 Å². The molecule has 5 heteroatoms. The number of nitrogens with two attached hydrogens (primary N) is 1. The quantitative estimate of drug-likeness (QED) is 0.605. The first-order valence-corrected chi connectivity index (χ1v) is 7.90. The van der Waals surface area contributed by atoms with Crippen LogP contribution in [0.1, 0.15) is 29.3 Å². The normalized spacial score (nSPS) is 11.5. The van der Waals surface area contributed by atoms with Crippen LogP contribution in [0, 0.1) is 0 Å². The van der Waals surface area contributed by atoms with Crippen molar-refractivity contribution in [2.45, 2.75) is 25.8 Å². The third-order valence-corrected chi connectivity index (χ3v) is 3.60. The Balaban J connectivity index is 1.70. The number of hydrogen-bond donors (Lipinski definition) is 2. The summed E-state index contributed by atoms with van der Waals surface area (Å²) in [5.41, 5.74) is 7.72. The van der Waals surface area contributed by atoms with Gasteiger partial charge < -0.3 is 15.8 Å². The minimum atomic E-state index is -0.540. The van der Waals surface area contributed by atoms with Gasteiger partial charge in [0.05, 0.1) is 5.56 Å². The summed E-state index contributed by atoms with van der Waals surface area (Å²) in [6, 6.07) is 16.5. The average Bonchev–Trinajstić information content (AvgIpc) is 2.59. The number of aryl methyl sites for hydroxylation is 1. The molecule has 0 radical (unpaired) electrons. The standard InChI is InChI=1S/C19H22N2O3/c1-14(7-8-15-5-3-2-4-6-15)21-18(22)13-24-19(23)16-9-11-17(20)12-10-16/h2-6,9-12,14H,7-8,13,20H2,1H3,(H,21,22)/t14-/m1/s1. The SMILES string of the molecule is C[C@H](CCc1ccccc1)NC(=O)COC(=O)c1ccc(N)cc1. The van der Waals surface area contributed by atoms with Crippen LogP contribution in [0.3, 0.4) is 0 Å². The second-order valence-electron chi connectivity index (χ2n) is 5.69. The first-order valence-electron chi connectivity index (χ1n) is 7.90. The summed E-state index contributed by atoms with van der Waals surface area (Å²) in [4.78, 5) is 23.7. The predicted octanol–water partition coefficient (Wildman–Crippen LogP) is 2.56. The Morgan fingerprint density at radius 2 is 1.75 bits per heavy atom. The lowest BCUT2D eigenvalue weighted by atomic mass is 10.1. The molecule has 0 aromatic heterocycles. The Bertz CT molecular complexity index is 669. The van der Waals surface area contributed by atoms with Crippen LogP contribution in [0.25, 0.3) is 0 Å². The van der Waals surface area contributed by atoms with E-state index in [4.69, 9.17) is 10.5 Å². The zero-order valence-corrected chi connectivity index (χ0v) is 13.7. The van der Waals surface area contributed by atoms with Crippen LogP contribution in [0.15, 0.2) is 54.6 Å². The van der Waals surface area contributed by atoms with Crippen molar-refractivity contribution in [1.29, 1.82) is 0 Å². The van der Waals surface area contributed by atoms with Crippen molar-refractivity contribution in [3.8, 4) is 0 Å². The fraction of sp³-hybridized carbons (Fsp3) is 0.263.